The molecule has 0 aliphatic heterocycles. The second kappa shape index (κ2) is 6.48. The van der Waals surface area contributed by atoms with Crippen LogP contribution in [0.15, 0.2) is 29.6 Å². The Labute approximate surface area is 133 Å². The molecule has 0 saturated heterocycles. The molecule has 1 saturated carbocycles. The molecule has 0 spiro atoms. The molecule has 1 aliphatic carbocycles. The van der Waals surface area contributed by atoms with Crippen LogP contribution < -0.4 is 5.32 Å². The van der Waals surface area contributed by atoms with E-state index in [2.05, 4.69) is 11.4 Å². The van der Waals surface area contributed by atoms with Gasteiger partial charge in [0.1, 0.15) is 0 Å². The summed E-state index contributed by atoms with van der Waals surface area (Å²) in [6.07, 6.45) is 3.21. The highest BCUT2D eigenvalue weighted by molar-refractivity contribution is 7.17. The number of fused-ring (bicyclic) bond motifs is 1. The van der Waals surface area contributed by atoms with Gasteiger partial charge in [-0.15, -0.1) is 11.3 Å². The first kappa shape index (κ1) is 15.0. The van der Waals surface area contributed by atoms with E-state index in [0.717, 1.165) is 23.8 Å². The van der Waals surface area contributed by atoms with Gasteiger partial charge < -0.3 is 10.4 Å². The maximum atomic E-state index is 12.2. The molecule has 3 rings (SSSR count). The first-order valence-corrected chi connectivity index (χ1v) is 8.48. The smallest absolute Gasteiger partial charge is 0.306 e. The molecular weight excluding hydrogens is 298 g/mol. The zero-order valence-corrected chi connectivity index (χ0v) is 13.1. The molecule has 2 N–H and O–H groups in total. The Morgan fingerprint density at radius 3 is 2.64 bits per heavy atom. The highest BCUT2D eigenvalue weighted by Crippen LogP contribution is 2.27. The third-order valence-electron chi connectivity index (χ3n) is 4.35. The lowest BCUT2D eigenvalue weighted by Gasteiger charge is -2.26. The summed E-state index contributed by atoms with van der Waals surface area (Å²) in [5.41, 5.74) is 1.07. The number of carboxylic acids is 1. The Balaban J connectivity index is 1.56. The average molecular weight is 317 g/mol. The largest absolute Gasteiger partial charge is 0.481 e. The van der Waals surface area contributed by atoms with Gasteiger partial charge in [-0.2, -0.15) is 0 Å². The van der Waals surface area contributed by atoms with E-state index >= 15 is 0 Å². The predicted octanol–water partition coefficient (Wildman–Crippen LogP) is 3.20. The highest BCUT2D eigenvalue weighted by atomic mass is 32.1. The number of carbonyl (C=O) groups excluding carboxylic acids is 1. The van der Waals surface area contributed by atoms with Crippen LogP contribution in [0.2, 0.25) is 0 Å². The van der Waals surface area contributed by atoms with Crippen molar-refractivity contribution in [3.8, 4) is 0 Å². The number of thiophene rings is 1. The topological polar surface area (TPSA) is 66.4 Å². The van der Waals surface area contributed by atoms with E-state index in [4.69, 9.17) is 5.11 Å². The van der Waals surface area contributed by atoms with Gasteiger partial charge in [-0.05, 0) is 48.1 Å². The van der Waals surface area contributed by atoms with Gasteiger partial charge in [-0.1, -0.05) is 18.2 Å². The zero-order valence-electron chi connectivity index (χ0n) is 12.2. The molecule has 0 bridgehead atoms. The molecule has 2 aromatic rings. The molecule has 1 aromatic carbocycles. The molecule has 0 radical (unpaired) electrons. The molecule has 4 nitrogen and oxygen atoms in total. The maximum Gasteiger partial charge on any atom is 0.306 e. The predicted molar refractivity (Wildman–Crippen MR) is 87.1 cm³/mol. The molecule has 0 unspecified atom stereocenters. The van der Waals surface area contributed by atoms with Crippen molar-refractivity contribution in [2.75, 3.05) is 0 Å². The van der Waals surface area contributed by atoms with Gasteiger partial charge in [0.15, 0.2) is 0 Å². The summed E-state index contributed by atoms with van der Waals surface area (Å²) >= 11 is 1.66. The Morgan fingerprint density at radius 1 is 1.18 bits per heavy atom. The third-order valence-corrected chi connectivity index (χ3v) is 5.37. The van der Waals surface area contributed by atoms with Crippen LogP contribution in [0, 0.1) is 5.92 Å². The number of hydrogen-bond donors (Lipinski definition) is 2. The first-order chi connectivity index (χ1) is 10.6. The fraction of sp³-hybridized carbons (Fsp3) is 0.412. The van der Waals surface area contributed by atoms with Gasteiger partial charge in [-0.3, -0.25) is 9.59 Å². The van der Waals surface area contributed by atoms with Gasteiger partial charge in [-0.25, -0.2) is 0 Å². The molecule has 1 aromatic heterocycles. The van der Waals surface area contributed by atoms with E-state index in [1.807, 2.05) is 23.6 Å². The van der Waals surface area contributed by atoms with Crippen LogP contribution in [-0.2, 0) is 16.0 Å². The van der Waals surface area contributed by atoms with E-state index in [1.165, 1.54) is 4.70 Å². The molecule has 0 atom stereocenters. The summed E-state index contributed by atoms with van der Waals surface area (Å²) in [5.74, 6) is -0.925. The lowest BCUT2D eigenvalue weighted by molar-refractivity contribution is -0.142. The van der Waals surface area contributed by atoms with E-state index in [9.17, 15) is 9.59 Å². The standard InChI is InChI=1S/C17H19NO3S/c19-16(18-13-7-5-11(6-8-13)17(20)21)9-12-10-22-15-4-2-1-3-14(12)15/h1-4,10-11,13H,5-9H2,(H,18,19)(H,20,21). The second-order valence-corrected chi connectivity index (χ2v) is 6.80. The fourth-order valence-electron chi connectivity index (χ4n) is 3.11. The van der Waals surface area contributed by atoms with E-state index in [-0.39, 0.29) is 17.9 Å². The zero-order chi connectivity index (χ0) is 15.5. The van der Waals surface area contributed by atoms with Crippen molar-refractivity contribution in [2.45, 2.75) is 38.1 Å². The maximum absolute atomic E-state index is 12.2. The summed E-state index contributed by atoms with van der Waals surface area (Å²) in [4.78, 5) is 23.1. The second-order valence-electron chi connectivity index (χ2n) is 5.89. The lowest BCUT2D eigenvalue weighted by Crippen LogP contribution is -2.39. The molecule has 5 heteroatoms. The Kier molecular flexibility index (Phi) is 4.43. The van der Waals surface area contributed by atoms with Crippen LogP contribution in [-0.4, -0.2) is 23.0 Å². The van der Waals surface area contributed by atoms with Crippen molar-refractivity contribution in [3.63, 3.8) is 0 Å². The number of benzene rings is 1. The minimum Gasteiger partial charge on any atom is -0.481 e. The number of carboxylic acid groups (broad SMARTS) is 1. The van der Waals surface area contributed by atoms with Crippen molar-refractivity contribution < 1.29 is 14.7 Å². The molecule has 1 aliphatic rings. The summed E-state index contributed by atoms with van der Waals surface area (Å²) in [6.45, 7) is 0. The van der Waals surface area contributed by atoms with Crippen molar-refractivity contribution in [1.29, 1.82) is 0 Å². The van der Waals surface area contributed by atoms with Gasteiger partial charge in [0.2, 0.25) is 5.91 Å². The Morgan fingerprint density at radius 2 is 1.91 bits per heavy atom. The number of nitrogens with one attached hydrogen (secondary N) is 1. The Bertz CT molecular complexity index is 686. The van der Waals surface area contributed by atoms with Crippen molar-refractivity contribution >= 4 is 33.3 Å². The van der Waals surface area contributed by atoms with Crippen LogP contribution in [0.25, 0.3) is 10.1 Å². The molecule has 1 heterocycles. The molecule has 1 fully saturated rings. The van der Waals surface area contributed by atoms with Crippen molar-refractivity contribution in [2.24, 2.45) is 5.92 Å². The van der Waals surface area contributed by atoms with E-state index in [0.29, 0.717) is 19.3 Å². The van der Waals surface area contributed by atoms with Crippen LogP contribution >= 0.6 is 11.3 Å². The summed E-state index contributed by atoms with van der Waals surface area (Å²) in [7, 11) is 0. The summed E-state index contributed by atoms with van der Waals surface area (Å²) in [6, 6.07) is 8.22. The molecular formula is C17H19NO3S. The van der Waals surface area contributed by atoms with Crippen LogP contribution in [0.5, 0.6) is 0 Å². The number of rotatable bonds is 4. The van der Waals surface area contributed by atoms with Crippen LogP contribution in [0.3, 0.4) is 0 Å². The minimum absolute atomic E-state index is 0.0299. The van der Waals surface area contributed by atoms with Crippen molar-refractivity contribution in [1.82, 2.24) is 5.32 Å². The van der Waals surface area contributed by atoms with Crippen LogP contribution in [0.1, 0.15) is 31.2 Å². The fourth-order valence-corrected chi connectivity index (χ4v) is 4.07. The van der Waals surface area contributed by atoms with Gasteiger partial charge in [0, 0.05) is 10.7 Å². The van der Waals surface area contributed by atoms with Gasteiger partial charge in [0.25, 0.3) is 0 Å². The number of aliphatic carboxylic acids is 1. The van der Waals surface area contributed by atoms with Crippen LogP contribution in [0.4, 0.5) is 0 Å². The van der Waals surface area contributed by atoms with Gasteiger partial charge in [0.05, 0.1) is 12.3 Å². The van der Waals surface area contributed by atoms with Gasteiger partial charge >= 0.3 is 5.97 Å². The van der Waals surface area contributed by atoms with Crippen molar-refractivity contribution in [3.05, 3.63) is 35.2 Å². The third kappa shape index (κ3) is 3.30. The molecule has 22 heavy (non-hydrogen) atoms. The highest BCUT2D eigenvalue weighted by Gasteiger charge is 2.26. The monoisotopic (exact) mass is 317 g/mol. The quantitative estimate of drug-likeness (QED) is 0.910. The SMILES string of the molecule is O=C(Cc1csc2ccccc12)NC1CCC(C(=O)O)CC1. The Hall–Kier alpha value is -1.88. The first-order valence-electron chi connectivity index (χ1n) is 7.61. The normalized spacial score (nSPS) is 21.6. The molecule has 1 amide bonds. The molecule has 116 valence electrons. The number of carbonyl (C=O) groups is 2. The lowest BCUT2D eigenvalue weighted by atomic mass is 9.86. The number of hydrogen-bond acceptors (Lipinski definition) is 3. The minimum atomic E-state index is -0.713. The van der Waals surface area contributed by atoms with E-state index < -0.39 is 5.97 Å². The summed E-state index contributed by atoms with van der Waals surface area (Å²) < 4.78 is 1.20. The summed E-state index contributed by atoms with van der Waals surface area (Å²) in [5, 5.41) is 15.2. The average Bonchev–Trinajstić information content (AvgIpc) is 2.91. The number of amides is 1. The van der Waals surface area contributed by atoms with E-state index in [1.54, 1.807) is 11.3 Å².